The number of ether oxygens (including phenoxy) is 1. The second-order valence-electron chi connectivity index (χ2n) is 4.98. The molecule has 0 saturated carbocycles. The third-order valence-corrected chi connectivity index (χ3v) is 3.37. The molecule has 112 valence electrons. The topological polar surface area (TPSA) is 68.5 Å². The molecule has 6 heteroatoms. The summed E-state index contributed by atoms with van der Waals surface area (Å²) in [6, 6.07) is 7.02. The van der Waals surface area contributed by atoms with Gasteiger partial charge in [0, 0.05) is 50.1 Å². The van der Waals surface area contributed by atoms with E-state index in [-0.39, 0.29) is 10.6 Å². The van der Waals surface area contributed by atoms with E-state index in [2.05, 4.69) is 9.88 Å². The summed E-state index contributed by atoms with van der Waals surface area (Å²) in [7, 11) is 3.65. The molecule has 0 unspecified atom stereocenters. The molecule has 21 heavy (non-hydrogen) atoms. The Bertz CT molecular complexity index is 658. The van der Waals surface area contributed by atoms with Gasteiger partial charge in [0.05, 0.1) is 4.92 Å². The second kappa shape index (κ2) is 6.49. The molecule has 0 spiro atoms. The van der Waals surface area contributed by atoms with Crippen molar-refractivity contribution in [3.63, 3.8) is 0 Å². The third-order valence-electron chi connectivity index (χ3n) is 3.37. The Morgan fingerprint density at radius 2 is 2.19 bits per heavy atom. The first-order chi connectivity index (χ1) is 10.0. The highest BCUT2D eigenvalue weighted by Gasteiger charge is 2.17. The van der Waals surface area contributed by atoms with Crippen molar-refractivity contribution in [3.05, 3.63) is 40.1 Å². The van der Waals surface area contributed by atoms with E-state index in [1.807, 2.05) is 26.1 Å². The first kappa shape index (κ1) is 15.2. The third kappa shape index (κ3) is 3.28. The molecule has 0 amide bonds. The van der Waals surface area contributed by atoms with Gasteiger partial charge in [-0.15, -0.1) is 0 Å². The molecule has 6 nitrogen and oxygen atoms in total. The van der Waals surface area contributed by atoms with E-state index >= 15 is 0 Å². The van der Waals surface area contributed by atoms with Gasteiger partial charge >= 0.3 is 0 Å². The van der Waals surface area contributed by atoms with Crippen molar-refractivity contribution in [1.29, 1.82) is 0 Å². The lowest BCUT2D eigenvalue weighted by Crippen LogP contribution is -2.20. The molecule has 0 fully saturated rings. The molecule has 0 atom stereocenters. The quantitative estimate of drug-likeness (QED) is 0.464. The maximum atomic E-state index is 11.2. The van der Waals surface area contributed by atoms with Crippen molar-refractivity contribution in [2.24, 2.45) is 0 Å². The largest absolute Gasteiger partial charge is 0.385 e. The number of fused-ring (bicyclic) bond motifs is 1. The molecule has 1 heterocycles. The van der Waals surface area contributed by atoms with Gasteiger partial charge in [-0.25, -0.2) is 4.98 Å². The van der Waals surface area contributed by atoms with E-state index < -0.39 is 0 Å². The van der Waals surface area contributed by atoms with Gasteiger partial charge in [-0.2, -0.15) is 0 Å². The van der Waals surface area contributed by atoms with Crippen LogP contribution < -0.4 is 4.90 Å². The van der Waals surface area contributed by atoms with Crippen LogP contribution in [0.4, 0.5) is 11.4 Å². The summed E-state index contributed by atoms with van der Waals surface area (Å²) >= 11 is 0. The van der Waals surface area contributed by atoms with Gasteiger partial charge in [-0.1, -0.05) is 12.1 Å². The number of aryl methyl sites for hydroxylation is 1. The average molecular weight is 289 g/mol. The van der Waals surface area contributed by atoms with Crippen molar-refractivity contribution in [3.8, 4) is 0 Å². The molecule has 0 bridgehead atoms. The summed E-state index contributed by atoms with van der Waals surface area (Å²) < 4.78 is 5.06. The zero-order valence-corrected chi connectivity index (χ0v) is 12.5. The molecule has 0 radical (unpaired) electrons. The number of benzene rings is 1. The molecule has 1 aromatic carbocycles. The van der Waals surface area contributed by atoms with Crippen LogP contribution in [-0.2, 0) is 4.74 Å². The fourth-order valence-electron chi connectivity index (χ4n) is 2.37. The number of nitro benzene ring substituents is 1. The number of nitrogens with zero attached hydrogens (tertiary/aromatic N) is 3. The van der Waals surface area contributed by atoms with E-state index in [9.17, 15) is 10.1 Å². The number of non-ortho nitro benzene ring substituents is 1. The maximum absolute atomic E-state index is 11.2. The smallest absolute Gasteiger partial charge is 0.295 e. The zero-order chi connectivity index (χ0) is 15.4. The lowest BCUT2D eigenvalue weighted by atomic mass is 10.1. The molecular weight excluding hydrogens is 270 g/mol. The SMILES string of the molecule is COCCCN(C)c1cc(C)nc2c([N+](=O)[O-])cccc12. The summed E-state index contributed by atoms with van der Waals surface area (Å²) in [5, 5.41) is 12.0. The van der Waals surface area contributed by atoms with E-state index in [0.717, 1.165) is 29.7 Å². The summed E-state index contributed by atoms with van der Waals surface area (Å²) in [5.41, 5.74) is 2.21. The van der Waals surface area contributed by atoms with E-state index in [4.69, 9.17) is 4.74 Å². The average Bonchev–Trinajstić information content (AvgIpc) is 2.45. The van der Waals surface area contributed by atoms with Crippen molar-refractivity contribution >= 4 is 22.3 Å². The molecule has 0 aliphatic heterocycles. The number of rotatable bonds is 6. The zero-order valence-electron chi connectivity index (χ0n) is 12.5. The number of methoxy groups -OCH3 is 1. The summed E-state index contributed by atoms with van der Waals surface area (Å²) in [6.45, 7) is 3.35. The Hall–Kier alpha value is -2.21. The molecule has 0 aliphatic rings. The van der Waals surface area contributed by atoms with E-state index in [1.165, 1.54) is 6.07 Å². The number of nitro groups is 1. The van der Waals surface area contributed by atoms with Crippen LogP contribution in [0.5, 0.6) is 0 Å². The molecule has 0 aliphatic carbocycles. The number of aromatic nitrogens is 1. The van der Waals surface area contributed by atoms with Gasteiger partial charge in [0.2, 0.25) is 0 Å². The minimum atomic E-state index is -0.385. The maximum Gasteiger partial charge on any atom is 0.295 e. The van der Waals surface area contributed by atoms with Gasteiger partial charge in [0.15, 0.2) is 5.52 Å². The van der Waals surface area contributed by atoms with Crippen LogP contribution in [-0.4, -0.2) is 37.2 Å². The summed E-state index contributed by atoms with van der Waals surface area (Å²) in [4.78, 5) is 17.2. The monoisotopic (exact) mass is 289 g/mol. The Morgan fingerprint density at radius 3 is 2.86 bits per heavy atom. The summed E-state index contributed by atoms with van der Waals surface area (Å²) in [6.07, 6.45) is 0.894. The highest BCUT2D eigenvalue weighted by atomic mass is 16.6. The lowest BCUT2D eigenvalue weighted by Gasteiger charge is -2.21. The predicted octanol–water partition coefficient (Wildman–Crippen LogP) is 2.92. The normalized spacial score (nSPS) is 10.8. The van der Waals surface area contributed by atoms with Crippen molar-refractivity contribution in [2.75, 3.05) is 32.2 Å². The van der Waals surface area contributed by atoms with Crippen LogP contribution in [0.3, 0.4) is 0 Å². The van der Waals surface area contributed by atoms with Crippen molar-refractivity contribution in [1.82, 2.24) is 4.98 Å². The van der Waals surface area contributed by atoms with Crippen molar-refractivity contribution < 1.29 is 9.66 Å². The highest BCUT2D eigenvalue weighted by molar-refractivity contribution is 5.97. The Labute approximate surface area is 123 Å². The molecule has 0 N–H and O–H groups in total. The highest BCUT2D eigenvalue weighted by Crippen LogP contribution is 2.31. The fraction of sp³-hybridized carbons (Fsp3) is 0.400. The van der Waals surface area contributed by atoms with Crippen LogP contribution in [0.25, 0.3) is 10.9 Å². The van der Waals surface area contributed by atoms with E-state index in [0.29, 0.717) is 12.1 Å². The molecule has 2 rings (SSSR count). The Morgan fingerprint density at radius 1 is 1.43 bits per heavy atom. The number of pyridine rings is 1. The van der Waals surface area contributed by atoms with Crippen LogP contribution in [0.2, 0.25) is 0 Å². The minimum Gasteiger partial charge on any atom is -0.385 e. The van der Waals surface area contributed by atoms with Crippen LogP contribution in [0.15, 0.2) is 24.3 Å². The fourth-order valence-corrected chi connectivity index (χ4v) is 2.37. The lowest BCUT2D eigenvalue weighted by molar-refractivity contribution is -0.383. The van der Waals surface area contributed by atoms with Crippen LogP contribution >= 0.6 is 0 Å². The molecule has 0 saturated heterocycles. The van der Waals surface area contributed by atoms with Crippen LogP contribution in [0, 0.1) is 17.0 Å². The number of hydrogen-bond donors (Lipinski definition) is 0. The molecular formula is C15H19N3O3. The van der Waals surface area contributed by atoms with Crippen LogP contribution in [0.1, 0.15) is 12.1 Å². The summed E-state index contributed by atoms with van der Waals surface area (Å²) in [5.74, 6) is 0. The van der Waals surface area contributed by atoms with Gasteiger partial charge in [0.25, 0.3) is 5.69 Å². The molecule has 2 aromatic rings. The Balaban J connectivity index is 2.48. The standard InChI is InChI=1S/C15H19N3O3/c1-11-10-14(17(2)8-5-9-21-3)12-6-4-7-13(18(19)20)15(12)16-11/h4,6-7,10H,5,8-9H2,1-3H3. The van der Waals surface area contributed by atoms with Gasteiger partial charge < -0.3 is 9.64 Å². The minimum absolute atomic E-state index is 0.0442. The van der Waals surface area contributed by atoms with Gasteiger partial charge in [-0.05, 0) is 19.4 Å². The molecule has 1 aromatic heterocycles. The predicted molar refractivity (Wildman–Crippen MR) is 82.9 cm³/mol. The number of hydrogen-bond acceptors (Lipinski definition) is 5. The van der Waals surface area contributed by atoms with Gasteiger partial charge in [-0.3, -0.25) is 10.1 Å². The Kier molecular flexibility index (Phi) is 4.70. The number of anilines is 1. The first-order valence-corrected chi connectivity index (χ1v) is 6.79. The van der Waals surface area contributed by atoms with Crippen molar-refractivity contribution in [2.45, 2.75) is 13.3 Å². The van der Waals surface area contributed by atoms with E-state index in [1.54, 1.807) is 13.2 Å². The second-order valence-corrected chi connectivity index (χ2v) is 4.98. The first-order valence-electron chi connectivity index (χ1n) is 6.79. The number of para-hydroxylation sites is 1. The van der Waals surface area contributed by atoms with Gasteiger partial charge in [0.1, 0.15) is 0 Å².